The molecule has 0 saturated carbocycles. The van der Waals surface area contributed by atoms with Crippen molar-refractivity contribution >= 4 is 15.9 Å². The molecule has 7 heteroatoms. The number of carbonyl (C=O) groups excluding carboxylic acids is 1. The molecule has 1 fully saturated rings. The first-order valence-electron chi connectivity index (χ1n) is 7.48. The number of carbonyl (C=O) groups is 1. The Morgan fingerprint density at radius 1 is 1.32 bits per heavy atom. The van der Waals surface area contributed by atoms with Crippen molar-refractivity contribution in [3.8, 4) is 0 Å². The number of benzene rings is 1. The lowest BCUT2D eigenvalue weighted by atomic mass is 9.96. The molecule has 6 nitrogen and oxygen atoms in total. The van der Waals surface area contributed by atoms with Crippen LogP contribution in [0.2, 0.25) is 0 Å². The fourth-order valence-corrected chi connectivity index (χ4v) is 3.35. The molecule has 1 saturated heterocycles. The topological polar surface area (TPSA) is 87.3 Å². The molecule has 0 radical (unpaired) electrons. The Labute approximate surface area is 131 Å². The van der Waals surface area contributed by atoms with Gasteiger partial charge < -0.3 is 10.6 Å². The smallest absolute Gasteiger partial charge is 0.240 e. The van der Waals surface area contributed by atoms with Gasteiger partial charge in [-0.1, -0.05) is 12.1 Å². The lowest BCUT2D eigenvalue weighted by Crippen LogP contribution is -2.39. The van der Waals surface area contributed by atoms with E-state index in [4.69, 9.17) is 0 Å². The maximum absolute atomic E-state index is 12.3. The average Bonchev–Trinajstić information content (AvgIpc) is 2.55. The van der Waals surface area contributed by atoms with Crippen LogP contribution in [0.4, 0.5) is 0 Å². The van der Waals surface area contributed by atoms with Gasteiger partial charge in [0.1, 0.15) is 0 Å². The van der Waals surface area contributed by atoms with E-state index >= 15 is 0 Å². The van der Waals surface area contributed by atoms with Crippen LogP contribution in [0.1, 0.15) is 31.4 Å². The lowest BCUT2D eigenvalue weighted by molar-refractivity contribution is -0.126. The van der Waals surface area contributed by atoms with Gasteiger partial charge in [-0.15, -0.1) is 0 Å². The maximum atomic E-state index is 12.3. The van der Waals surface area contributed by atoms with E-state index in [1.54, 1.807) is 12.1 Å². The predicted molar refractivity (Wildman–Crippen MR) is 84.8 cm³/mol. The number of amides is 1. The van der Waals surface area contributed by atoms with Crippen molar-refractivity contribution in [1.29, 1.82) is 0 Å². The summed E-state index contributed by atoms with van der Waals surface area (Å²) < 4.78 is 26.0. The Balaban J connectivity index is 2.07. The molecule has 0 bridgehead atoms. The van der Waals surface area contributed by atoms with Crippen molar-refractivity contribution in [3.05, 3.63) is 29.8 Å². The van der Waals surface area contributed by atoms with Crippen molar-refractivity contribution in [2.24, 2.45) is 5.92 Å². The Bertz CT molecular complexity index is 625. The van der Waals surface area contributed by atoms with Crippen molar-refractivity contribution in [2.75, 3.05) is 20.1 Å². The minimum Gasteiger partial charge on any atom is -0.349 e. The molecule has 1 aromatic rings. The number of nitrogens with one attached hydrogen (secondary N) is 3. The Kier molecular flexibility index (Phi) is 5.55. The monoisotopic (exact) mass is 325 g/mol. The van der Waals surface area contributed by atoms with E-state index in [0.717, 1.165) is 31.5 Å². The first-order valence-corrected chi connectivity index (χ1v) is 8.97. The first kappa shape index (κ1) is 16.9. The van der Waals surface area contributed by atoms with Gasteiger partial charge in [-0.05, 0) is 57.6 Å². The van der Waals surface area contributed by atoms with Crippen molar-refractivity contribution in [1.82, 2.24) is 15.4 Å². The second-order valence-corrected chi connectivity index (χ2v) is 7.42. The molecule has 22 heavy (non-hydrogen) atoms. The van der Waals surface area contributed by atoms with Crippen LogP contribution in [-0.2, 0) is 14.8 Å². The largest absolute Gasteiger partial charge is 0.349 e. The molecule has 1 atom stereocenters. The van der Waals surface area contributed by atoms with Crippen LogP contribution in [0.5, 0.6) is 0 Å². The van der Waals surface area contributed by atoms with Crippen molar-refractivity contribution in [2.45, 2.75) is 30.7 Å². The quantitative estimate of drug-likeness (QED) is 0.746. The van der Waals surface area contributed by atoms with Crippen molar-refractivity contribution in [3.63, 3.8) is 0 Å². The minimum absolute atomic E-state index is 0.0351. The zero-order valence-electron chi connectivity index (χ0n) is 12.9. The van der Waals surface area contributed by atoms with Crippen LogP contribution in [0, 0.1) is 5.92 Å². The zero-order chi connectivity index (χ0) is 16.2. The van der Waals surface area contributed by atoms with Gasteiger partial charge in [-0.2, -0.15) is 0 Å². The third-order valence-corrected chi connectivity index (χ3v) is 5.42. The van der Waals surface area contributed by atoms with E-state index in [0.29, 0.717) is 0 Å². The average molecular weight is 325 g/mol. The Morgan fingerprint density at radius 3 is 2.64 bits per heavy atom. The van der Waals surface area contributed by atoms with Gasteiger partial charge in [0, 0.05) is 5.92 Å². The molecule has 1 aliphatic rings. The fourth-order valence-electron chi connectivity index (χ4n) is 2.57. The van der Waals surface area contributed by atoms with Gasteiger partial charge in [0.2, 0.25) is 15.9 Å². The number of rotatable bonds is 5. The summed E-state index contributed by atoms with van der Waals surface area (Å²) in [6.45, 7) is 3.59. The summed E-state index contributed by atoms with van der Waals surface area (Å²) >= 11 is 0. The molecule has 1 unspecified atom stereocenters. The van der Waals surface area contributed by atoms with Gasteiger partial charge >= 0.3 is 0 Å². The summed E-state index contributed by atoms with van der Waals surface area (Å²) in [6, 6.07) is 6.42. The highest BCUT2D eigenvalue weighted by molar-refractivity contribution is 7.89. The molecule has 0 spiro atoms. The second kappa shape index (κ2) is 7.21. The van der Waals surface area contributed by atoms with Gasteiger partial charge in [0.25, 0.3) is 0 Å². The Morgan fingerprint density at radius 2 is 2.00 bits per heavy atom. The van der Waals surface area contributed by atoms with Crippen LogP contribution in [0.3, 0.4) is 0 Å². The van der Waals surface area contributed by atoms with Gasteiger partial charge in [-0.25, -0.2) is 13.1 Å². The lowest BCUT2D eigenvalue weighted by Gasteiger charge is -2.24. The molecular weight excluding hydrogens is 302 g/mol. The third-order valence-electron chi connectivity index (χ3n) is 4.01. The molecule has 1 aromatic carbocycles. The SMILES string of the molecule is CNS(=O)(=O)c1cccc(C(C)NC(=O)C2CCNCC2)c1. The predicted octanol–water partition coefficient (Wildman–Crippen LogP) is 0.772. The molecule has 122 valence electrons. The highest BCUT2D eigenvalue weighted by atomic mass is 32.2. The summed E-state index contributed by atoms with van der Waals surface area (Å²) in [6.07, 6.45) is 1.68. The van der Waals surface area contributed by atoms with E-state index in [-0.39, 0.29) is 22.8 Å². The fraction of sp³-hybridized carbons (Fsp3) is 0.533. The van der Waals surface area contributed by atoms with E-state index in [1.807, 2.05) is 13.0 Å². The van der Waals surface area contributed by atoms with Gasteiger partial charge in [-0.3, -0.25) is 4.79 Å². The van der Waals surface area contributed by atoms with Crippen LogP contribution in [0.25, 0.3) is 0 Å². The van der Waals surface area contributed by atoms with Gasteiger partial charge in [0.15, 0.2) is 0 Å². The highest BCUT2D eigenvalue weighted by Crippen LogP contribution is 2.19. The molecule has 2 rings (SSSR count). The number of sulfonamides is 1. The van der Waals surface area contributed by atoms with Crippen LogP contribution >= 0.6 is 0 Å². The summed E-state index contributed by atoms with van der Waals surface area (Å²) in [7, 11) is -2.09. The second-order valence-electron chi connectivity index (χ2n) is 5.53. The maximum Gasteiger partial charge on any atom is 0.240 e. The van der Waals surface area contributed by atoms with Crippen LogP contribution < -0.4 is 15.4 Å². The summed E-state index contributed by atoms with van der Waals surface area (Å²) in [5.74, 6) is 0.0730. The normalized spacial score (nSPS) is 17.9. The number of hydrogen-bond acceptors (Lipinski definition) is 4. The van der Waals surface area contributed by atoms with Crippen molar-refractivity contribution < 1.29 is 13.2 Å². The molecule has 1 amide bonds. The molecule has 0 aromatic heterocycles. The first-order chi connectivity index (χ1) is 10.4. The molecule has 3 N–H and O–H groups in total. The number of hydrogen-bond donors (Lipinski definition) is 3. The molecular formula is C15H23N3O3S. The van der Waals surface area contributed by atoms with Crippen LogP contribution in [-0.4, -0.2) is 34.5 Å². The highest BCUT2D eigenvalue weighted by Gasteiger charge is 2.22. The molecule has 0 aliphatic carbocycles. The van der Waals surface area contributed by atoms with E-state index < -0.39 is 10.0 Å². The summed E-state index contributed by atoms with van der Waals surface area (Å²) in [4.78, 5) is 12.5. The molecule has 1 aliphatic heterocycles. The van der Waals surface area contributed by atoms with E-state index in [9.17, 15) is 13.2 Å². The van der Waals surface area contributed by atoms with E-state index in [1.165, 1.54) is 13.1 Å². The molecule has 1 heterocycles. The van der Waals surface area contributed by atoms with E-state index in [2.05, 4.69) is 15.4 Å². The standard InChI is InChI=1S/C15H23N3O3S/c1-11(18-15(19)12-6-8-17-9-7-12)13-4-3-5-14(10-13)22(20,21)16-2/h3-5,10-12,16-17H,6-9H2,1-2H3,(H,18,19). The summed E-state index contributed by atoms with van der Waals surface area (Å²) in [5, 5.41) is 6.21. The van der Waals surface area contributed by atoms with Crippen LogP contribution in [0.15, 0.2) is 29.2 Å². The minimum atomic E-state index is -3.47. The summed E-state index contributed by atoms with van der Waals surface area (Å²) in [5.41, 5.74) is 0.776. The Hall–Kier alpha value is -1.44. The van der Waals surface area contributed by atoms with Gasteiger partial charge in [0.05, 0.1) is 10.9 Å². The zero-order valence-corrected chi connectivity index (χ0v) is 13.7. The number of piperidine rings is 1. The third kappa shape index (κ3) is 4.06.